The van der Waals surface area contributed by atoms with Crippen LogP contribution in [0.15, 0.2) is 61.2 Å². The van der Waals surface area contributed by atoms with E-state index in [9.17, 15) is 8.78 Å². The third-order valence-electron chi connectivity index (χ3n) is 4.20. The van der Waals surface area contributed by atoms with Gasteiger partial charge in [0.1, 0.15) is 6.29 Å². The lowest BCUT2D eigenvalue weighted by Gasteiger charge is -2.12. The summed E-state index contributed by atoms with van der Waals surface area (Å²) in [4.78, 5) is 11.0. The fraction of sp³-hybridized carbons (Fsp3) is 0.292. The number of nitrogens with zero attached hydrogens (tertiary/aromatic N) is 1. The van der Waals surface area contributed by atoms with E-state index in [1.54, 1.807) is 36.4 Å². The Morgan fingerprint density at radius 1 is 0.929 bits per heavy atom. The zero-order chi connectivity index (χ0) is 20.9. The minimum Gasteiger partial charge on any atom is -0.378 e. The summed E-state index contributed by atoms with van der Waals surface area (Å²) in [6.45, 7) is 5.27. The van der Waals surface area contributed by atoms with E-state index in [0.29, 0.717) is 6.29 Å². The number of hydrogen-bond acceptors (Lipinski definition) is 2. The molecule has 0 unspecified atom stereocenters. The molecule has 2 aromatic carbocycles. The van der Waals surface area contributed by atoms with E-state index in [1.807, 2.05) is 31.1 Å². The summed E-state index contributed by atoms with van der Waals surface area (Å²) in [5, 5.41) is 0. The Balaban J connectivity index is 0.000000892. The minimum atomic E-state index is -0.820. The second kappa shape index (κ2) is 12.6. The summed E-state index contributed by atoms with van der Waals surface area (Å²) in [6.07, 6.45) is 6.30. The standard InChI is InChI=1S/C21H25F2N.C3H4O/c1-4-5-6-7-16-8-10-17(11-9-16)20(22)21(23)18-12-14-19(15-13-18)24(2)3;1-2-3-4/h8-15H,4-7H2,1-3H3;2-3H,1H2/b21-20+;. The van der Waals surface area contributed by atoms with Gasteiger partial charge in [-0.1, -0.05) is 50.6 Å². The van der Waals surface area contributed by atoms with Crippen molar-refractivity contribution in [3.05, 3.63) is 77.9 Å². The molecule has 0 fully saturated rings. The predicted molar refractivity (Wildman–Crippen MR) is 116 cm³/mol. The van der Waals surface area contributed by atoms with Gasteiger partial charge >= 0.3 is 0 Å². The number of anilines is 1. The lowest BCUT2D eigenvalue weighted by atomic mass is 10.0. The van der Waals surface area contributed by atoms with Crippen molar-refractivity contribution in [2.24, 2.45) is 0 Å². The molecular formula is C24H29F2NO. The molecule has 0 aliphatic rings. The number of carbonyl (C=O) groups excluding carboxylic acids is 1. The van der Waals surface area contributed by atoms with E-state index in [4.69, 9.17) is 4.79 Å². The molecule has 0 aliphatic carbocycles. The van der Waals surface area contributed by atoms with Crippen molar-refractivity contribution in [1.82, 2.24) is 0 Å². The van der Waals surface area contributed by atoms with Gasteiger partial charge in [-0.15, -0.1) is 0 Å². The molecule has 150 valence electrons. The smallest absolute Gasteiger partial charge is 0.166 e. The molecule has 0 spiro atoms. The van der Waals surface area contributed by atoms with Gasteiger partial charge in [0.25, 0.3) is 0 Å². The topological polar surface area (TPSA) is 20.3 Å². The Morgan fingerprint density at radius 2 is 1.39 bits per heavy atom. The summed E-state index contributed by atoms with van der Waals surface area (Å²) in [7, 11) is 3.81. The number of rotatable bonds is 8. The average molecular weight is 385 g/mol. The molecule has 0 saturated heterocycles. The largest absolute Gasteiger partial charge is 0.378 e. The SMILES string of the molecule is C=CC=O.CCCCCc1ccc(/C(F)=C(\F)c2ccc(N(C)C)cc2)cc1. The molecule has 28 heavy (non-hydrogen) atoms. The second-order valence-corrected chi connectivity index (χ2v) is 6.60. The first kappa shape index (κ1) is 23.3. The van der Waals surface area contributed by atoms with Crippen LogP contribution >= 0.6 is 0 Å². The first-order valence-electron chi connectivity index (χ1n) is 9.43. The third kappa shape index (κ3) is 7.47. The molecule has 0 N–H and O–H groups in total. The van der Waals surface area contributed by atoms with Crippen LogP contribution in [0.3, 0.4) is 0 Å². The van der Waals surface area contributed by atoms with Crippen molar-refractivity contribution < 1.29 is 13.6 Å². The van der Waals surface area contributed by atoms with Gasteiger partial charge in [-0.05, 0) is 48.7 Å². The highest BCUT2D eigenvalue weighted by Gasteiger charge is 2.11. The maximum atomic E-state index is 14.4. The van der Waals surface area contributed by atoms with Crippen LogP contribution in [0, 0.1) is 0 Å². The van der Waals surface area contributed by atoms with Crippen LogP contribution in [-0.4, -0.2) is 20.4 Å². The van der Waals surface area contributed by atoms with Crippen molar-refractivity contribution in [1.29, 1.82) is 0 Å². The van der Waals surface area contributed by atoms with Gasteiger partial charge in [0, 0.05) is 30.9 Å². The maximum absolute atomic E-state index is 14.4. The lowest BCUT2D eigenvalue weighted by molar-refractivity contribution is -0.104. The average Bonchev–Trinajstić information content (AvgIpc) is 2.73. The molecule has 0 amide bonds. The molecule has 0 saturated carbocycles. The number of hydrogen-bond donors (Lipinski definition) is 0. The predicted octanol–water partition coefficient (Wildman–Crippen LogP) is 6.62. The van der Waals surface area contributed by atoms with E-state index in [2.05, 4.69) is 13.5 Å². The van der Waals surface area contributed by atoms with Crippen LogP contribution in [0.2, 0.25) is 0 Å². The van der Waals surface area contributed by atoms with Crippen molar-refractivity contribution in [2.45, 2.75) is 32.6 Å². The number of benzene rings is 2. The van der Waals surface area contributed by atoms with Crippen LogP contribution in [0.5, 0.6) is 0 Å². The lowest BCUT2D eigenvalue weighted by Crippen LogP contribution is -2.08. The second-order valence-electron chi connectivity index (χ2n) is 6.60. The van der Waals surface area contributed by atoms with Crippen molar-refractivity contribution in [3.63, 3.8) is 0 Å². The van der Waals surface area contributed by atoms with Crippen LogP contribution in [0.4, 0.5) is 14.5 Å². The molecule has 2 nitrogen and oxygen atoms in total. The number of halogens is 2. The maximum Gasteiger partial charge on any atom is 0.166 e. The van der Waals surface area contributed by atoms with Gasteiger partial charge in [0.2, 0.25) is 0 Å². The molecule has 0 radical (unpaired) electrons. The highest BCUT2D eigenvalue weighted by Crippen LogP contribution is 2.30. The number of aldehydes is 1. The summed E-state index contributed by atoms with van der Waals surface area (Å²) in [5.74, 6) is -1.63. The first-order valence-corrected chi connectivity index (χ1v) is 9.43. The van der Waals surface area contributed by atoms with E-state index >= 15 is 0 Å². The number of allylic oxidation sites excluding steroid dienone is 1. The molecule has 4 heteroatoms. The van der Waals surface area contributed by atoms with Crippen molar-refractivity contribution >= 4 is 23.6 Å². The molecule has 0 atom stereocenters. The minimum absolute atomic E-state index is 0.255. The van der Waals surface area contributed by atoms with E-state index < -0.39 is 11.7 Å². The molecule has 0 heterocycles. The van der Waals surface area contributed by atoms with Gasteiger partial charge in [-0.25, -0.2) is 8.78 Å². The van der Waals surface area contributed by atoms with Gasteiger partial charge in [0.15, 0.2) is 11.7 Å². The van der Waals surface area contributed by atoms with E-state index in [0.717, 1.165) is 24.1 Å². The van der Waals surface area contributed by atoms with Gasteiger partial charge in [-0.3, -0.25) is 4.79 Å². The molecule has 2 rings (SSSR count). The van der Waals surface area contributed by atoms with Crippen LogP contribution in [0.1, 0.15) is 42.9 Å². The summed E-state index contributed by atoms with van der Waals surface area (Å²) in [6, 6.07) is 13.8. The number of unbranched alkanes of at least 4 members (excludes halogenated alkanes) is 2. The molecule has 0 aliphatic heterocycles. The van der Waals surface area contributed by atoms with Crippen LogP contribution in [0.25, 0.3) is 11.7 Å². The van der Waals surface area contributed by atoms with Crippen molar-refractivity contribution in [2.75, 3.05) is 19.0 Å². The summed E-state index contributed by atoms with van der Waals surface area (Å²) < 4.78 is 28.8. The highest BCUT2D eigenvalue weighted by atomic mass is 19.2. The first-order chi connectivity index (χ1) is 13.4. The quantitative estimate of drug-likeness (QED) is 0.220. The Hall–Kier alpha value is -2.75. The Bertz CT molecular complexity index is 756. The Kier molecular flexibility index (Phi) is 10.5. The van der Waals surface area contributed by atoms with Gasteiger partial charge < -0.3 is 4.90 Å². The number of carbonyl (C=O) groups is 1. The molecule has 2 aromatic rings. The molecular weight excluding hydrogens is 356 g/mol. The zero-order valence-electron chi connectivity index (χ0n) is 16.9. The van der Waals surface area contributed by atoms with E-state index in [-0.39, 0.29) is 11.1 Å². The fourth-order valence-corrected chi connectivity index (χ4v) is 2.56. The zero-order valence-corrected chi connectivity index (χ0v) is 16.9. The van der Waals surface area contributed by atoms with Gasteiger partial charge in [-0.2, -0.15) is 0 Å². The van der Waals surface area contributed by atoms with Crippen molar-refractivity contribution in [3.8, 4) is 0 Å². The Labute approximate surface area is 167 Å². The van der Waals surface area contributed by atoms with Gasteiger partial charge in [0.05, 0.1) is 0 Å². The summed E-state index contributed by atoms with van der Waals surface area (Å²) >= 11 is 0. The molecule has 0 bridgehead atoms. The number of aryl methyl sites for hydroxylation is 1. The fourth-order valence-electron chi connectivity index (χ4n) is 2.56. The Morgan fingerprint density at radius 3 is 1.79 bits per heavy atom. The highest BCUT2D eigenvalue weighted by molar-refractivity contribution is 5.83. The third-order valence-corrected chi connectivity index (χ3v) is 4.20. The summed E-state index contributed by atoms with van der Waals surface area (Å²) in [5.41, 5.74) is 2.65. The van der Waals surface area contributed by atoms with Crippen LogP contribution in [-0.2, 0) is 11.2 Å². The van der Waals surface area contributed by atoms with Crippen LogP contribution < -0.4 is 4.90 Å². The normalized spacial score (nSPS) is 11.0. The monoisotopic (exact) mass is 385 g/mol. The molecule has 0 aromatic heterocycles. The van der Waals surface area contributed by atoms with E-state index in [1.165, 1.54) is 18.9 Å².